The van der Waals surface area contributed by atoms with Gasteiger partial charge in [-0.3, -0.25) is 4.79 Å². The van der Waals surface area contributed by atoms with Gasteiger partial charge in [-0.2, -0.15) is 0 Å². The van der Waals surface area contributed by atoms with E-state index in [2.05, 4.69) is 24.5 Å². The highest BCUT2D eigenvalue weighted by Crippen LogP contribution is 2.06. The Hall–Kier alpha value is -1.35. The van der Waals surface area contributed by atoms with E-state index in [1.165, 1.54) is 19.3 Å². The molecular weight excluding hydrogens is 224 g/mol. The largest absolute Gasteiger partial charge is 0.326 e. The van der Waals surface area contributed by atoms with Crippen LogP contribution in [0.1, 0.15) is 39.5 Å². The zero-order valence-corrected chi connectivity index (χ0v) is 11.4. The summed E-state index contributed by atoms with van der Waals surface area (Å²) in [5.41, 5.74) is 0.862. The van der Waals surface area contributed by atoms with E-state index in [4.69, 9.17) is 0 Å². The summed E-state index contributed by atoms with van der Waals surface area (Å²) in [5, 5.41) is 6.27. The van der Waals surface area contributed by atoms with E-state index in [1.807, 2.05) is 30.3 Å². The van der Waals surface area contributed by atoms with Gasteiger partial charge < -0.3 is 10.6 Å². The van der Waals surface area contributed by atoms with E-state index in [0.29, 0.717) is 6.42 Å². The van der Waals surface area contributed by atoms with Crippen LogP contribution in [0.15, 0.2) is 30.3 Å². The third-order valence-corrected chi connectivity index (χ3v) is 2.82. The minimum absolute atomic E-state index is 0.0664. The molecule has 0 spiro atoms. The summed E-state index contributed by atoms with van der Waals surface area (Å²) in [5.74, 6) is 0.0664. The van der Waals surface area contributed by atoms with Gasteiger partial charge in [-0.15, -0.1) is 0 Å². The van der Waals surface area contributed by atoms with Crippen LogP contribution in [0.2, 0.25) is 0 Å². The van der Waals surface area contributed by atoms with Gasteiger partial charge in [0, 0.05) is 18.2 Å². The van der Waals surface area contributed by atoms with Crippen LogP contribution in [0.4, 0.5) is 5.69 Å². The lowest BCUT2D eigenvalue weighted by Crippen LogP contribution is -2.31. The van der Waals surface area contributed by atoms with Crippen LogP contribution >= 0.6 is 0 Å². The summed E-state index contributed by atoms with van der Waals surface area (Å²) in [7, 11) is 0. The molecule has 1 rings (SSSR count). The molecule has 0 bridgehead atoms. The van der Waals surface area contributed by atoms with Crippen molar-refractivity contribution in [3.8, 4) is 0 Å². The Balaban J connectivity index is 2.19. The quantitative estimate of drug-likeness (QED) is 0.694. The third kappa shape index (κ3) is 6.40. The minimum atomic E-state index is 0.0664. The van der Waals surface area contributed by atoms with Crippen molar-refractivity contribution in [1.82, 2.24) is 5.32 Å². The smallest absolute Gasteiger partial charge is 0.225 e. The van der Waals surface area contributed by atoms with Gasteiger partial charge >= 0.3 is 0 Å². The van der Waals surface area contributed by atoms with Crippen molar-refractivity contribution in [1.29, 1.82) is 0 Å². The Morgan fingerprint density at radius 3 is 2.61 bits per heavy atom. The molecule has 0 aliphatic rings. The van der Waals surface area contributed by atoms with Gasteiger partial charge in [-0.05, 0) is 32.0 Å². The molecule has 1 aromatic carbocycles. The summed E-state index contributed by atoms with van der Waals surface area (Å²) < 4.78 is 0. The fraction of sp³-hybridized carbons (Fsp3) is 0.533. The average molecular weight is 248 g/mol. The SMILES string of the molecule is CCCCCNC(C)CC(=O)Nc1ccccc1. The number of para-hydroxylation sites is 1. The lowest BCUT2D eigenvalue weighted by Gasteiger charge is -2.13. The monoisotopic (exact) mass is 248 g/mol. The van der Waals surface area contributed by atoms with Crippen LogP contribution in [-0.2, 0) is 4.79 Å². The lowest BCUT2D eigenvalue weighted by molar-refractivity contribution is -0.116. The van der Waals surface area contributed by atoms with Crippen LogP contribution in [0, 0.1) is 0 Å². The van der Waals surface area contributed by atoms with Crippen LogP contribution in [0.5, 0.6) is 0 Å². The molecule has 0 heterocycles. The zero-order valence-electron chi connectivity index (χ0n) is 11.4. The molecule has 3 heteroatoms. The average Bonchev–Trinajstić information content (AvgIpc) is 2.35. The number of unbranched alkanes of at least 4 members (excludes halogenated alkanes) is 2. The van der Waals surface area contributed by atoms with Crippen LogP contribution < -0.4 is 10.6 Å². The highest BCUT2D eigenvalue weighted by molar-refractivity contribution is 5.90. The number of benzene rings is 1. The number of hydrogen-bond donors (Lipinski definition) is 2. The summed E-state index contributed by atoms with van der Waals surface area (Å²) in [6.45, 7) is 5.24. The van der Waals surface area contributed by atoms with E-state index in [-0.39, 0.29) is 11.9 Å². The topological polar surface area (TPSA) is 41.1 Å². The third-order valence-electron chi connectivity index (χ3n) is 2.82. The molecule has 0 radical (unpaired) electrons. The van der Waals surface area contributed by atoms with Gasteiger partial charge in [0.2, 0.25) is 5.91 Å². The summed E-state index contributed by atoms with van der Waals surface area (Å²) in [6, 6.07) is 9.80. The maximum atomic E-state index is 11.8. The molecule has 1 atom stereocenters. The number of rotatable bonds is 8. The van der Waals surface area contributed by atoms with Gasteiger partial charge in [0.15, 0.2) is 0 Å². The van der Waals surface area contributed by atoms with Crippen molar-refractivity contribution in [3.63, 3.8) is 0 Å². The molecule has 0 aliphatic carbocycles. The molecule has 3 nitrogen and oxygen atoms in total. The second-order valence-corrected chi connectivity index (χ2v) is 4.68. The predicted molar refractivity (Wildman–Crippen MR) is 76.7 cm³/mol. The van der Waals surface area contributed by atoms with Crippen LogP contribution in [0.25, 0.3) is 0 Å². The second-order valence-electron chi connectivity index (χ2n) is 4.68. The van der Waals surface area contributed by atoms with Crippen molar-refractivity contribution >= 4 is 11.6 Å². The Labute approximate surface area is 110 Å². The first-order chi connectivity index (χ1) is 8.72. The molecule has 0 aliphatic heterocycles. The number of hydrogen-bond acceptors (Lipinski definition) is 2. The molecule has 1 aromatic rings. The van der Waals surface area contributed by atoms with E-state index in [9.17, 15) is 4.79 Å². The summed E-state index contributed by atoms with van der Waals surface area (Å²) >= 11 is 0. The molecule has 1 unspecified atom stereocenters. The van der Waals surface area contributed by atoms with E-state index in [0.717, 1.165) is 12.2 Å². The van der Waals surface area contributed by atoms with Gasteiger partial charge in [0.1, 0.15) is 0 Å². The molecular formula is C15H24N2O. The fourth-order valence-electron chi connectivity index (χ4n) is 1.81. The van der Waals surface area contributed by atoms with Crippen LogP contribution in [0.3, 0.4) is 0 Å². The number of nitrogens with one attached hydrogen (secondary N) is 2. The molecule has 0 saturated heterocycles. The van der Waals surface area contributed by atoms with Crippen molar-refractivity contribution in [3.05, 3.63) is 30.3 Å². The molecule has 0 aromatic heterocycles. The fourth-order valence-corrected chi connectivity index (χ4v) is 1.81. The van der Waals surface area contributed by atoms with E-state index >= 15 is 0 Å². The molecule has 0 saturated carbocycles. The molecule has 1 amide bonds. The van der Waals surface area contributed by atoms with Gasteiger partial charge in [-0.1, -0.05) is 38.0 Å². The highest BCUT2D eigenvalue weighted by atomic mass is 16.1. The zero-order chi connectivity index (χ0) is 13.2. The second kappa shape index (κ2) is 8.70. The van der Waals surface area contributed by atoms with Gasteiger partial charge in [0.25, 0.3) is 0 Å². The number of amides is 1. The normalized spacial score (nSPS) is 12.1. The Bertz CT molecular complexity index is 338. The maximum Gasteiger partial charge on any atom is 0.225 e. The number of carbonyl (C=O) groups excluding carboxylic acids is 1. The molecule has 0 fully saturated rings. The predicted octanol–water partition coefficient (Wildman–Crippen LogP) is 3.18. The Morgan fingerprint density at radius 2 is 1.94 bits per heavy atom. The first kappa shape index (κ1) is 14.7. The Morgan fingerprint density at radius 1 is 1.22 bits per heavy atom. The first-order valence-electron chi connectivity index (χ1n) is 6.80. The van der Waals surface area contributed by atoms with Gasteiger partial charge in [-0.25, -0.2) is 0 Å². The Kier molecular flexibility index (Phi) is 7.11. The van der Waals surface area contributed by atoms with Crippen molar-refractivity contribution in [2.75, 3.05) is 11.9 Å². The van der Waals surface area contributed by atoms with Gasteiger partial charge in [0.05, 0.1) is 0 Å². The summed E-state index contributed by atoms with van der Waals surface area (Å²) in [4.78, 5) is 11.8. The maximum absolute atomic E-state index is 11.8. The molecule has 18 heavy (non-hydrogen) atoms. The minimum Gasteiger partial charge on any atom is -0.326 e. The lowest BCUT2D eigenvalue weighted by atomic mass is 10.2. The van der Waals surface area contributed by atoms with Crippen molar-refractivity contribution in [2.24, 2.45) is 0 Å². The molecule has 2 N–H and O–H groups in total. The summed E-state index contributed by atoms with van der Waals surface area (Å²) in [6.07, 6.45) is 4.17. The molecule has 100 valence electrons. The van der Waals surface area contributed by atoms with Crippen molar-refractivity contribution < 1.29 is 4.79 Å². The van der Waals surface area contributed by atoms with E-state index < -0.39 is 0 Å². The van der Waals surface area contributed by atoms with E-state index in [1.54, 1.807) is 0 Å². The van der Waals surface area contributed by atoms with Crippen LogP contribution in [-0.4, -0.2) is 18.5 Å². The standard InChI is InChI=1S/C15H24N2O/c1-3-4-8-11-16-13(2)12-15(18)17-14-9-6-5-7-10-14/h5-7,9-10,13,16H,3-4,8,11-12H2,1-2H3,(H,17,18). The number of anilines is 1. The van der Waals surface area contributed by atoms with Crippen molar-refractivity contribution in [2.45, 2.75) is 45.6 Å². The first-order valence-corrected chi connectivity index (χ1v) is 6.80. The number of carbonyl (C=O) groups is 1. The highest BCUT2D eigenvalue weighted by Gasteiger charge is 2.08.